The lowest BCUT2D eigenvalue weighted by Gasteiger charge is -2.30. The average molecular weight is 823 g/mol. The predicted molar refractivity (Wildman–Crippen MR) is 259 cm³/mol. The van der Waals surface area contributed by atoms with Gasteiger partial charge in [-0.3, -0.25) is 0 Å². The van der Waals surface area contributed by atoms with Crippen molar-refractivity contribution in [1.29, 1.82) is 0 Å². The quantitative estimate of drug-likeness (QED) is 0.166. The molecule has 4 heterocycles. The summed E-state index contributed by atoms with van der Waals surface area (Å²) in [5.41, 5.74) is 13.8. The zero-order chi connectivity index (χ0) is 41.9. The van der Waals surface area contributed by atoms with Gasteiger partial charge in [-0.15, -0.1) is 0 Å². The van der Waals surface area contributed by atoms with Gasteiger partial charge < -0.3 is 28.1 Å². The molecular formula is C58H34N2O4. The third kappa shape index (κ3) is 5.20. The Morgan fingerprint density at radius 2 is 0.625 bits per heavy atom. The SMILES string of the molecule is c1ccc(N(c2ccccc2)c2ccc3c(c2)Oc2ccc4c5c(ccc-3c25)Oc2cc(N(c3ccc5oc6ccccc6c5c3)c3ccc5oc6ccccc6c5c3)ccc2-4)cc1. The molecule has 10 aromatic carbocycles. The zero-order valence-electron chi connectivity index (χ0n) is 34.2. The van der Waals surface area contributed by atoms with E-state index in [-0.39, 0.29) is 0 Å². The third-order valence-corrected chi connectivity index (χ3v) is 12.8. The number of anilines is 6. The highest BCUT2D eigenvalue weighted by molar-refractivity contribution is 6.15. The molecule has 0 saturated heterocycles. The van der Waals surface area contributed by atoms with Crippen LogP contribution in [0.3, 0.4) is 0 Å². The van der Waals surface area contributed by atoms with Crippen LogP contribution in [-0.4, -0.2) is 0 Å². The van der Waals surface area contributed by atoms with Crippen molar-refractivity contribution in [2.24, 2.45) is 0 Å². The van der Waals surface area contributed by atoms with Gasteiger partial charge in [0.2, 0.25) is 0 Å². The van der Waals surface area contributed by atoms with Crippen LogP contribution in [-0.2, 0) is 0 Å². The van der Waals surface area contributed by atoms with Crippen molar-refractivity contribution in [3.8, 4) is 45.3 Å². The van der Waals surface area contributed by atoms with E-state index in [1.54, 1.807) is 0 Å². The highest BCUT2D eigenvalue weighted by Gasteiger charge is 2.30. The molecule has 2 aliphatic rings. The minimum atomic E-state index is 0.784. The molecule has 0 aliphatic carbocycles. The number of ether oxygens (including phenoxy) is 2. The second-order valence-electron chi connectivity index (χ2n) is 16.4. The maximum atomic E-state index is 6.94. The Balaban J connectivity index is 0.892. The van der Waals surface area contributed by atoms with Crippen LogP contribution >= 0.6 is 0 Å². The first-order valence-corrected chi connectivity index (χ1v) is 21.5. The molecule has 6 nitrogen and oxygen atoms in total. The van der Waals surface area contributed by atoms with Gasteiger partial charge in [-0.25, -0.2) is 0 Å². The summed E-state index contributed by atoms with van der Waals surface area (Å²) >= 11 is 0. The molecule has 2 aromatic heterocycles. The van der Waals surface area contributed by atoms with Gasteiger partial charge in [0.15, 0.2) is 0 Å². The number of fused-ring (bicyclic) bond motifs is 10. The van der Waals surface area contributed by atoms with E-state index in [0.29, 0.717) is 0 Å². The average Bonchev–Trinajstić information content (AvgIpc) is 3.91. The lowest BCUT2D eigenvalue weighted by Crippen LogP contribution is -2.11. The summed E-state index contributed by atoms with van der Waals surface area (Å²) in [5.74, 6) is 3.21. The van der Waals surface area contributed by atoms with Gasteiger partial charge in [0, 0.05) is 89.7 Å². The normalized spacial score (nSPS) is 12.3. The van der Waals surface area contributed by atoms with Crippen molar-refractivity contribution in [2.75, 3.05) is 9.80 Å². The van der Waals surface area contributed by atoms with Gasteiger partial charge in [0.1, 0.15) is 45.3 Å². The second-order valence-corrected chi connectivity index (χ2v) is 16.4. The summed E-state index contributed by atoms with van der Waals surface area (Å²) in [4.78, 5) is 4.55. The van der Waals surface area contributed by atoms with Crippen molar-refractivity contribution in [3.63, 3.8) is 0 Å². The van der Waals surface area contributed by atoms with Gasteiger partial charge in [0.25, 0.3) is 0 Å². The van der Waals surface area contributed by atoms with E-state index < -0.39 is 0 Å². The molecule has 6 heteroatoms. The van der Waals surface area contributed by atoms with E-state index in [9.17, 15) is 0 Å². The topological polar surface area (TPSA) is 51.2 Å². The Kier molecular flexibility index (Phi) is 7.30. The molecular weight excluding hydrogens is 789 g/mol. The maximum absolute atomic E-state index is 6.94. The largest absolute Gasteiger partial charge is 0.456 e. The Morgan fingerprint density at radius 1 is 0.250 bits per heavy atom. The van der Waals surface area contributed by atoms with Gasteiger partial charge >= 0.3 is 0 Å². The Hall–Kier alpha value is -8.74. The number of furan rings is 2. The Labute approximate surface area is 367 Å². The van der Waals surface area contributed by atoms with Gasteiger partial charge in [-0.1, -0.05) is 72.8 Å². The molecule has 2 aliphatic heterocycles. The maximum Gasteiger partial charge on any atom is 0.137 e. The van der Waals surface area contributed by atoms with E-state index >= 15 is 0 Å². The molecule has 14 rings (SSSR count). The van der Waals surface area contributed by atoms with Crippen LogP contribution in [0.25, 0.3) is 76.9 Å². The molecule has 0 N–H and O–H groups in total. The molecule has 0 radical (unpaired) electrons. The lowest BCUT2D eigenvalue weighted by molar-refractivity contribution is 0.480. The standard InChI is InChI=1S/C58H34N2O4/c1-3-11-35(12-4-1)59(36-13-5-2-6-14-36)39-19-23-43-45-25-30-54-58-46(26-29-53(57(45)58)63-55(43)33-39)44-24-20-40(34-56(44)64-54)60(37-21-27-51-47(31-37)41-15-7-9-17-49(41)61-51)38-22-28-52-48(32-38)42-16-8-10-18-50(42)62-52/h1-34H. The summed E-state index contributed by atoms with van der Waals surface area (Å²) in [6.07, 6.45) is 0. The van der Waals surface area contributed by atoms with Gasteiger partial charge in [-0.2, -0.15) is 0 Å². The Morgan fingerprint density at radius 3 is 1.11 bits per heavy atom. The number of hydrogen-bond acceptors (Lipinski definition) is 6. The van der Waals surface area contributed by atoms with E-state index in [1.807, 2.05) is 36.4 Å². The molecule has 0 unspecified atom stereocenters. The fraction of sp³-hybridized carbons (Fsp3) is 0. The summed E-state index contributed by atoms with van der Waals surface area (Å²) in [7, 11) is 0. The molecule has 300 valence electrons. The molecule has 64 heavy (non-hydrogen) atoms. The number of rotatable bonds is 6. The van der Waals surface area contributed by atoms with Crippen LogP contribution in [0.1, 0.15) is 0 Å². The molecule has 12 aromatic rings. The summed E-state index contributed by atoms with van der Waals surface area (Å²) in [5, 5.41) is 6.37. The molecule has 0 saturated carbocycles. The molecule has 0 amide bonds. The fourth-order valence-electron chi connectivity index (χ4n) is 9.96. The van der Waals surface area contributed by atoms with E-state index in [0.717, 1.165) is 134 Å². The Bertz CT molecular complexity index is 3720. The van der Waals surface area contributed by atoms with Crippen LogP contribution in [0.2, 0.25) is 0 Å². The van der Waals surface area contributed by atoms with Gasteiger partial charge in [-0.05, 0) is 132 Å². The summed E-state index contributed by atoms with van der Waals surface area (Å²) in [6.45, 7) is 0. The summed E-state index contributed by atoms with van der Waals surface area (Å²) in [6, 6.07) is 71.7. The monoisotopic (exact) mass is 822 g/mol. The molecule has 0 fully saturated rings. The molecule has 0 spiro atoms. The first kappa shape index (κ1) is 34.9. The number of para-hydroxylation sites is 4. The minimum absolute atomic E-state index is 0.784. The highest BCUT2D eigenvalue weighted by atomic mass is 16.5. The van der Waals surface area contributed by atoms with E-state index in [1.165, 1.54) is 0 Å². The molecule has 0 bridgehead atoms. The zero-order valence-corrected chi connectivity index (χ0v) is 34.2. The van der Waals surface area contributed by atoms with Crippen LogP contribution in [0, 0.1) is 0 Å². The van der Waals surface area contributed by atoms with Gasteiger partial charge in [0.05, 0.1) is 0 Å². The first-order valence-electron chi connectivity index (χ1n) is 21.5. The number of nitrogens with zero attached hydrogens (tertiary/aromatic N) is 2. The number of benzene rings is 10. The predicted octanol–water partition coefficient (Wildman–Crippen LogP) is 17.1. The van der Waals surface area contributed by atoms with E-state index in [4.69, 9.17) is 18.3 Å². The minimum Gasteiger partial charge on any atom is -0.456 e. The van der Waals surface area contributed by atoms with Crippen LogP contribution in [0.4, 0.5) is 34.1 Å². The molecule has 0 atom stereocenters. The van der Waals surface area contributed by atoms with Crippen molar-refractivity contribution in [2.45, 2.75) is 0 Å². The lowest BCUT2D eigenvalue weighted by atomic mass is 9.88. The van der Waals surface area contributed by atoms with Crippen LogP contribution < -0.4 is 19.3 Å². The van der Waals surface area contributed by atoms with Crippen molar-refractivity contribution in [1.82, 2.24) is 0 Å². The second kappa shape index (κ2) is 13.4. The van der Waals surface area contributed by atoms with Crippen LogP contribution in [0.15, 0.2) is 215 Å². The highest BCUT2D eigenvalue weighted by Crippen LogP contribution is 2.56. The van der Waals surface area contributed by atoms with Crippen molar-refractivity contribution < 1.29 is 18.3 Å². The number of hydrogen-bond donors (Lipinski definition) is 0. The smallest absolute Gasteiger partial charge is 0.137 e. The summed E-state index contributed by atoms with van der Waals surface area (Å²) < 4.78 is 26.3. The third-order valence-electron chi connectivity index (χ3n) is 12.8. The fourth-order valence-corrected chi connectivity index (χ4v) is 9.96. The van der Waals surface area contributed by atoms with E-state index in [2.05, 4.69) is 180 Å². The van der Waals surface area contributed by atoms with Crippen molar-refractivity contribution in [3.05, 3.63) is 206 Å². The first-order chi connectivity index (χ1) is 31.7. The van der Waals surface area contributed by atoms with Crippen LogP contribution in [0.5, 0.6) is 23.0 Å². The van der Waals surface area contributed by atoms with Crippen molar-refractivity contribution >= 4 is 88.8 Å².